The van der Waals surface area contributed by atoms with Crippen molar-refractivity contribution < 1.29 is 4.42 Å². The van der Waals surface area contributed by atoms with E-state index in [1.807, 2.05) is 30.3 Å². The molecule has 0 bridgehead atoms. The SMILES string of the molecule is c1ccc(-c2cc(-c3ccc4oc5ccccc5c4c3)cc(-c3cc(-c4ccc(-c5ccc6c(ccc7ccccc76)c5)cc4)nc(-c4ccccc4)n3)c2)cc1. The first kappa shape index (κ1) is 32.8. The van der Waals surface area contributed by atoms with Crippen molar-refractivity contribution in [3.05, 3.63) is 206 Å². The minimum Gasteiger partial charge on any atom is -0.456 e. The summed E-state index contributed by atoms with van der Waals surface area (Å²) in [7, 11) is 0. The Morgan fingerprint density at radius 3 is 1.60 bits per heavy atom. The maximum atomic E-state index is 6.19. The van der Waals surface area contributed by atoms with Crippen LogP contribution in [0.25, 0.3) is 111 Å². The van der Waals surface area contributed by atoms with Crippen molar-refractivity contribution in [3.63, 3.8) is 0 Å². The number of furan rings is 1. The van der Waals surface area contributed by atoms with Gasteiger partial charge in [-0.15, -0.1) is 0 Å². The fourth-order valence-corrected chi connectivity index (χ4v) is 8.13. The van der Waals surface area contributed by atoms with Crippen LogP contribution in [-0.2, 0) is 0 Å². The smallest absolute Gasteiger partial charge is 0.160 e. The molecule has 3 nitrogen and oxygen atoms in total. The van der Waals surface area contributed by atoms with Crippen molar-refractivity contribution in [1.29, 1.82) is 0 Å². The number of hydrogen-bond acceptors (Lipinski definition) is 3. The van der Waals surface area contributed by atoms with Gasteiger partial charge in [0.05, 0.1) is 11.4 Å². The highest BCUT2D eigenvalue weighted by Gasteiger charge is 2.15. The van der Waals surface area contributed by atoms with Crippen LogP contribution >= 0.6 is 0 Å². The zero-order valence-electron chi connectivity index (χ0n) is 30.9. The minimum absolute atomic E-state index is 0.687. The Labute approximate surface area is 330 Å². The lowest BCUT2D eigenvalue weighted by molar-refractivity contribution is 0.669. The summed E-state index contributed by atoms with van der Waals surface area (Å²) in [6, 6.07) is 72.9. The largest absolute Gasteiger partial charge is 0.456 e. The van der Waals surface area contributed by atoms with Crippen molar-refractivity contribution in [1.82, 2.24) is 9.97 Å². The highest BCUT2D eigenvalue weighted by atomic mass is 16.3. The maximum Gasteiger partial charge on any atom is 0.160 e. The monoisotopic (exact) mass is 726 g/mol. The predicted molar refractivity (Wildman–Crippen MR) is 237 cm³/mol. The molecule has 0 spiro atoms. The molecule has 0 amide bonds. The molecule has 0 saturated heterocycles. The molecule has 2 heterocycles. The second-order valence-electron chi connectivity index (χ2n) is 14.6. The van der Waals surface area contributed by atoms with Crippen molar-refractivity contribution in [2.45, 2.75) is 0 Å². The average molecular weight is 727 g/mol. The molecule has 0 unspecified atom stereocenters. The number of rotatable bonds is 6. The van der Waals surface area contributed by atoms with Crippen LogP contribution in [0.1, 0.15) is 0 Å². The summed E-state index contributed by atoms with van der Waals surface area (Å²) < 4.78 is 6.19. The third-order valence-electron chi connectivity index (χ3n) is 11.1. The number of para-hydroxylation sites is 1. The Morgan fingerprint density at radius 2 is 0.789 bits per heavy atom. The lowest BCUT2D eigenvalue weighted by Crippen LogP contribution is -1.96. The Morgan fingerprint density at radius 1 is 0.263 bits per heavy atom. The van der Waals surface area contributed by atoms with Gasteiger partial charge in [0.1, 0.15) is 11.2 Å². The third kappa shape index (κ3) is 6.03. The normalized spacial score (nSPS) is 11.5. The average Bonchev–Trinajstić information content (AvgIpc) is 3.67. The van der Waals surface area contributed by atoms with Gasteiger partial charge in [-0.1, -0.05) is 158 Å². The van der Waals surface area contributed by atoms with Gasteiger partial charge < -0.3 is 4.42 Å². The number of hydrogen-bond donors (Lipinski definition) is 0. The van der Waals surface area contributed by atoms with Crippen LogP contribution < -0.4 is 0 Å². The molecule has 9 aromatic carbocycles. The molecular formula is C54H34N2O. The summed E-state index contributed by atoms with van der Waals surface area (Å²) in [6.07, 6.45) is 0. The van der Waals surface area contributed by atoms with E-state index >= 15 is 0 Å². The first-order valence-corrected chi connectivity index (χ1v) is 19.3. The molecule has 57 heavy (non-hydrogen) atoms. The topological polar surface area (TPSA) is 38.9 Å². The molecule has 11 aromatic rings. The van der Waals surface area contributed by atoms with Gasteiger partial charge in [0.25, 0.3) is 0 Å². The molecule has 0 atom stereocenters. The summed E-state index contributed by atoms with van der Waals surface area (Å²) >= 11 is 0. The fourth-order valence-electron chi connectivity index (χ4n) is 8.13. The van der Waals surface area contributed by atoms with Crippen LogP contribution in [0, 0.1) is 0 Å². The number of fused-ring (bicyclic) bond motifs is 6. The van der Waals surface area contributed by atoms with E-state index < -0.39 is 0 Å². The molecular weight excluding hydrogens is 693 g/mol. The maximum absolute atomic E-state index is 6.19. The Hall–Kier alpha value is -7.62. The first-order valence-electron chi connectivity index (χ1n) is 19.3. The highest BCUT2D eigenvalue weighted by Crippen LogP contribution is 2.38. The number of aromatic nitrogens is 2. The Bertz CT molecular complexity index is 3270. The molecule has 0 saturated carbocycles. The zero-order chi connectivity index (χ0) is 37.7. The molecule has 0 aliphatic heterocycles. The molecule has 3 heteroatoms. The fraction of sp³-hybridized carbons (Fsp3) is 0. The van der Waals surface area contributed by atoms with Crippen LogP contribution in [0.2, 0.25) is 0 Å². The molecule has 0 aliphatic rings. The van der Waals surface area contributed by atoms with Gasteiger partial charge in [-0.2, -0.15) is 0 Å². The third-order valence-corrected chi connectivity index (χ3v) is 11.1. The molecule has 0 aliphatic carbocycles. The van der Waals surface area contributed by atoms with Gasteiger partial charge in [-0.05, 0) is 103 Å². The Kier molecular flexibility index (Phi) is 7.82. The highest BCUT2D eigenvalue weighted by molar-refractivity contribution is 6.09. The van der Waals surface area contributed by atoms with Gasteiger partial charge >= 0.3 is 0 Å². The molecule has 0 radical (unpaired) electrons. The molecule has 11 rings (SSSR count). The van der Waals surface area contributed by atoms with Gasteiger partial charge in [0.15, 0.2) is 5.82 Å². The van der Waals surface area contributed by atoms with E-state index in [9.17, 15) is 0 Å². The van der Waals surface area contributed by atoms with Crippen LogP contribution in [0.5, 0.6) is 0 Å². The van der Waals surface area contributed by atoms with Crippen molar-refractivity contribution in [3.8, 4) is 67.3 Å². The Balaban J connectivity index is 1.03. The van der Waals surface area contributed by atoms with E-state index in [0.717, 1.165) is 77.8 Å². The van der Waals surface area contributed by atoms with E-state index in [0.29, 0.717) is 5.82 Å². The lowest BCUT2D eigenvalue weighted by atomic mass is 9.93. The summed E-state index contributed by atoms with van der Waals surface area (Å²) in [4.78, 5) is 10.4. The van der Waals surface area contributed by atoms with Crippen molar-refractivity contribution in [2.75, 3.05) is 0 Å². The predicted octanol–water partition coefficient (Wildman–Crippen LogP) is 14.7. The summed E-state index contributed by atoms with van der Waals surface area (Å²) in [5.41, 5.74) is 13.4. The van der Waals surface area contributed by atoms with E-state index in [2.05, 4.69) is 176 Å². The van der Waals surface area contributed by atoms with E-state index in [-0.39, 0.29) is 0 Å². The quantitative estimate of drug-likeness (QED) is 0.160. The van der Waals surface area contributed by atoms with E-state index in [1.165, 1.54) is 27.1 Å². The molecule has 0 fully saturated rings. The van der Waals surface area contributed by atoms with Crippen LogP contribution in [0.4, 0.5) is 0 Å². The van der Waals surface area contributed by atoms with Crippen LogP contribution in [0.3, 0.4) is 0 Å². The van der Waals surface area contributed by atoms with Gasteiger partial charge in [-0.25, -0.2) is 9.97 Å². The van der Waals surface area contributed by atoms with E-state index in [4.69, 9.17) is 14.4 Å². The number of nitrogens with zero attached hydrogens (tertiary/aromatic N) is 2. The summed E-state index contributed by atoms with van der Waals surface area (Å²) in [6.45, 7) is 0. The number of benzene rings is 9. The first-order chi connectivity index (χ1) is 28.2. The van der Waals surface area contributed by atoms with Gasteiger partial charge in [0, 0.05) is 27.5 Å². The molecule has 266 valence electrons. The lowest BCUT2D eigenvalue weighted by Gasteiger charge is -2.13. The second kappa shape index (κ2) is 13.6. The van der Waals surface area contributed by atoms with Gasteiger partial charge in [-0.3, -0.25) is 0 Å². The van der Waals surface area contributed by atoms with Crippen LogP contribution in [-0.4, -0.2) is 9.97 Å². The molecule has 0 N–H and O–H groups in total. The zero-order valence-corrected chi connectivity index (χ0v) is 30.9. The van der Waals surface area contributed by atoms with Crippen molar-refractivity contribution in [2.24, 2.45) is 0 Å². The summed E-state index contributed by atoms with van der Waals surface area (Å²) in [5.74, 6) is 0.687. The summed E-state index contributed by atoms with van der Waals surface area (Å²) in [5, 5.41) is 7.25. The standard InChI is InChI=1S/C54H34N2O/c1-3-11-35(12-4-1)43-30-44(41-26-28-53-49(33-41)48-17-9-10-18-52(48)57-53)32-45(31-43)51-34-50(55-54(56-51)39-14-5-2-6-15-39)38-22-19-36(20-23-38)40-25-27-47-42(29-40)24-21-37-13-7-8-16-46(37)47/h1-34H. The minimum atomic E-state index is 0.687. The van der Waals surface area contributed by atoms with Crippen molar-refractivity contribution >= 4 is 43.5 Å². The molecule has 2 aromatic heterocycles. The van der Waals surface area contributed by atoms with E-state index in [1.54, 1.807) is 0 Å². The van der Waals surface area contributed by atoms with Crippen LogP contribution in [0.15, 0.2) is 211 Å². The second-order valence-corrected chi connectivity index (χ2v) is 14.6. The van der Waals surface area contributed by atoms with Gasteiger partial charge in [0.2, 0.25) is 0 Å².